The second kappa shape index (κ2) is 1.47. The van der Waals surface area contributed by atoms with Crippen LogP contribution in [0.1, 0.15) is 0 Å². The molecule has 0 spiro atoms. The molecule has 0 aliphatic carbocycles. The van der Waals surface area contributed by atoms with Crippen LogP contribution in [0, 0.1) is 0 Å². The van der Waals surface area contributed by atoms with E-state index in [1.54, 1.807) is 11.8 Å². The highest BCUT2D eigenvalue weighted by Crippen LogP contribution is 2.17. The van der Waals surface area contributed by atoms with Crippen LogP contribution in [-0.4, -0.2) is 12.0 Å². The van der Waals surface area contributed by atoms with Crippen molar-refractivity contribution < 1.29 is 0 Å². The normalized spacial score (nSPS) is 19.7. The minimum absolute atomic E-state index is 0.940. The molecule has 2 heteroatoms. The number of nitrogens with zero attached hydrogens (tertiary/aromatic N) is 1. The standard InChI is InChI=1S/C4H5NS/c1-4-5-2-3-6-4/h2H,1,3H2. The highest BCUT2D eigenvalue weighted by atomic mass is 32.2. The van der Waals surface area contributed by atoms with Crippen LogP contribution < -0.4 is 0 Å². The Bertz CT molecular complexity index is 95.7. The van der Waals surface area contributed by atoms with Crippen LogP contribution in [0.5, 0.6) is 0 Å². The smallest absolute Gasteiger partial charge is 0.0887 e. The van der Waals surface area contributed by atoms with Gasteiger partial charge in [-0.1, -0.05) is 6.58 Å². The second-order valence-electron chi connectivity index (χ2n) is 1.02. The Hall–Kier alpha value is -0.240. The summed E-state index contributed by atoms with van der Waals surface area (Å²) in [4.78, 5) is 3.88. The highest BCUT2D eigenvalue weighted by Gasteiger charge is 1.93. The van der Waals surface area contributed by atoms with Crippen LogP contribution in [0.2, 0.25) is 0 Å². The minimum atomic E-state index is 0.940. The van der Waals surface area contributed by atoms with Crippen LogP contribution in [0.25, 0.3) is 0 Å². The van der Waals surface area contributed by atoms with Gasteiger partial charge in [-0.25, -0.2) is 0 Å². The lowest BCUT2D eigenvalue weighted by Crippen LogP contribution is -1.61. The van der Waals surface area contributed by atoms with Crippen molar-refractivity contribution in [3.63, 3.8) is 0 Å². The Morgan fingerprint density at radius 1 is 2.00 bits per heavy atom. The summed E-state index contributed by atoms with van der Waals surface area (Å²) in [6.07, 6.45) is 1.87. The molecule has 1 aliphatic rings. The molecule has 0 aromatic rings. The van der Waals surface area contributed by atoms with E-state index in [9.17, 15) is 0 Å². The van der Waals surface area contributed by atoms with E-state index in [0.29, 0.717) is 0 Å². The Balaban J connectivity index is 2.59. The van der Waals surface area contributed by atoms with Crippen molar-refractivity contribution in [2.75, 3.05) is 5.75 Å². The van der Waals surface area contributed by atoms with Gasteiger partial charge in [0.25, 0.3) is 0 Å². The maximum absolute atomic E-state index is 3.88. The maximum atomic E-state index is 3.88. The molecule has 1 rings (SSSR count). The van der Waals surface area contributed by atoms with Crippen molar-refractivity contribution in [2.45, 2.75) is 0 Å². The van der Waals surface area contributed by atoms with Gasteiger partial charge in [0.15, 0.2) is 0 Å². The molecule has 0 aromatic carbocycles. The molecule has 0 bridgehead atoms. The minimum Gasteiger partial charge on any atom is -0.254 e. The van der Waals surface area contributed by atoms with E-state index in [1.807, 2.05) is 6.21 Å². The van der Waals surface area contributed by atoms with E-state index in [0.717, 1.165) is 10.8 Å². The van der Waals surface area contributed by atoms with Crippen LogP contribution in [-0.2, 0) is 0 Å². The van der Waals surface area contributed by atoms with Gasteiger partial charge < -0.3 is 0 Å². The first-order valence-electron chi connectivity index (χ1n) is 1.74. The van der Waals surface area contributed by atoms with Gasteiger partial charge in [-0.05, 0) is 0 Å². The van der Waals surface area contributed by atoms with Crippen LogP contribution in [0.4, 0.5) is 0 Å². The van der Waals surface area contributed by atoms with E-state index in [-0.39, 0.29) is 0 Å². The molecule has 0 aromatic heterocycles. The lowest BCUT2D eigenvalue weighted by molar-refractivity contribution is 1.60. The van der Waals surface area contributed by atoms with E-state index in [4.69, 9.17) is 0 Å². The summed E-state index contributed by atoms with van der Waals surface area (Å²) in [6, 6.07) is 0. The van der Waals surface area contributed by atoms with Gasteiger partial charge in [-0.15, -0.1) is 11.8 Å². The van der Waals surface area contributed by atoms with Gasteiger partial charge in [-0.2, -0.15) is 0 Å². The van der Waals surface area contributed by atoms with E-state index in [1.165, 1.54) is 0 Å². The first-order valence-corrected chi connectivity index (χ1v) is 2.72. The molecule has 6 heavy (non-hydrogen) atoms. The van der Waals surface area contributed by atoms with E-state index in [2.05, 4.69) is 11.6 Å². The summed E-state index contributed by atoms with van der Waals surface area (Å²) >= 11 is 1.68. The van der Waals surface area contributed by atoms with Crippen molar-refractivity contribution in [3.05, 3.63) is 11.6 Å². The molecule has 1 nitrogen and oxygen atoms in total. The summed E-state index contributed by atoms with van der Waals surface area (Å²) in [5, 5.41) is 0.940. The molecule has 0 amide bonds. The fraction of sp³-hybridized carbons (Fsp3) is 0.250. The lowest BCUT2D eigenvalue weighted by Gasteiger charge is -1.77. The monoisotopic (exact) mass is 99.0 g/mol. The van der Waals surface area contributed by atoms with Gasteiger partial charge in [0.05, 0.1) is 5.03 Å². The maximum Gasteiger partial charge on any atom is 0.0887 e. The Labute approximate surface area is 41.2 Å². The molecule has 1 aliphatic heterocycles. The zero-order valence-electron chi connectivity index (χ0n) is 3.35. The SMILES string of the molecule is C=C1N=CCS1. The summed E-state index contributed by atoms with van der Waals surface area (Å²) in [7, 11) is 0. The van der Waals surface area contributed by atoms with Crippen molar-refractivity contribution in [2.24, 2.45) is 4.99 Å². The van der Waals surface area contributed by atoms with Gasteiger partial charge in [0.1, 0.15) is 0 Å². The van der Waals surface area contributed by atoms with Gasteiger partial charge in [0.2, 0.25) is 0 Å². The molecule has 0 unspecified atom stereocenters. The molecule has 0 saturated heterocycles. The predicted octanol–water partition coefficient (Wildman–Crippen LogP) is 1.28. The lowest BCUT2D eigenvalue weighted by atomic mass is 10.9. The third-order valence-corrected chi connectivity index (χ3v) is 1.31. The summed E-state index contributed by atoms with van der Waals surface area (Å²) in [5.41, 5.74) is 0. The van der Waals surface area contributed by atoms with Crippen molar-refractivity contribution in [3.8, 4) is 0 Å². The molecular weight excluding hydrogens is 94.1 g/mol. The third-order valence-electron chi connectivity index (χ3n) is 0.560. The van der Waals surface area contributed by atoms with Crippen molar-refractivity contribution in [1.29, 1.82) is 0 Å². The summed E-state index contributed by atoms with van der Waals surface area (Å²) < 4.78 is 0. The Morgan fingerprint density at radius 2 is 2.83 bits per heavy atom. The van der Waals surface area contributed by atoms with Gasteiger partial charge >= 0.3 is 0 Å². The second-order valence-corrected chi connectivity index (χ2v) is 2.11. The number of thioether (sulfide) groups is 1. The average molecular weight is 99.2 g/mol. The Kier molecular flexibility index (Phi) is 0.965. The van der Waals surface area contributed by atoms with Crippen LogP contribution >= 0.6 is 11.8 Å². The molecular formula is C4H5NS. The van der Waals surface area contributed by atoms with Crippen molar-refractivity contribution in [1.82, 2.24) is 0 Å². The fourth-order valence-electron chi connectivity index (χ4n) is 0.310. The van der Waals surface area contributed by atoms with Crippen LogP contribution in [0.15, 0.2) is 16.6 Å². The molecule has 0 fully saturated rings. The number of aliphatic imine (C=N–C) groups is 1. The largest absolute Gasteiger partial charge is 0.254 e. The molecule has 0 radical (unpaired) electrons. The number of hydrogen-bond donors (Lipinski definition) is 0. The van der Waals surface area contributed by atoms with E-state index >= 15 is 0 Å². The van der Waals surface area contributed by atoms with Gasteiger partial charge in [0, 0.05) is 12.0 Å². The molecule has 32 valence electrons. The Morgan fingerprint density at radius 3 is 3.00 bits per heavy atom. The zero-order valence-corrected chi connectivity index (χ0v) is 4.16. The number of rotatable bonds is 0. The zero-order chi connectivity index (χ0) is 4.41. The molecule has 0 saturated carbocycles. The summed E-state index contributed by atoms with van der Waals surface area (Å²) in [5.74, 6) is 1.01. The number of hydrogen-bond acceptors (Lipinski definition) is 2. The predicted molar refractivity (Wildman–Crippen MR) is 30.1 cm³/mol. The fourth-order valence-corrected chi connectivity index (χ4v) is 0.800. The van der Waals surface area contributed by atoms with Gasteiger partial charge in [-0.3, -0.25) is 4.99 Å². The quantitative estimate of drug-likeness (QED) is 0.445. The first kappa shape index (κ1) is 3.93. The van der Waals surface area contributed by atoms with E-state index < -0.39 is 0 Å². The highest BCUT2D eigenvalue weighted by molar-refractivity contribution is 8.03. The summed E-state index contributed by atoms with van der Waals surface area (Å²) in [6.45, 7) is 3.62. The first-order chi connectivity index (χ1) is 2.89. The van der Waals surface area contributed by atoms with Crippen molar-refractivity contribution >= 4 is 18.0 Å². The topological polar surface area (TPSA) is 12.4 Å². The molecule has 0 atom stereocenters. The molecule has 1 heterocycles. The molecule has 0 N–H and O–H groups in total. The average Bonchev–Trinajstić information content (AvgIpc) is 1.86. The van der Waals surface area contributed by atoms with Crippen LogP contribution in [0.3, 0.4) is 0 Å². The third kappa shape index (κ3) is 0.627.